The molecule has 2 rings (SSSR count). The van der Waals surface area contributed by atoms with Gasteiger partial charge in [0, 0.05) is 23.3 Å². The molecule has 0 fully saturated rings. The molecule has 0 bridgehead atoms. The first-order valence-electron chi connectivity index (χ1n) is 4.62. The monoisotopic (exact) mass is 203 g/mol. The highest BCUT2D eigenvalue weighted by atomic mass is 19.1. The second-order valence-electron chi connectivity index (χ2n) is 3.14. The van der Waals surface area contributed by atoms with E-state index in [0.717, 1.165) is 16.8 Å². The van der Waals surface area contributed by atoms with Gasteiger partial charge in [-0.3, -0.25) is 4.98 Å². The maximum Gasteiger partial charge on any atom is 0.130 e. The average molecular weight is 203 g/mol. The minimum atomic E-state index is -0.443. The van der Waals surface area contributed by atoms with Crippen LogP contribution in [0.15, 0.2) is 42.7 Å². The maximum absolute atomic E-state index is 13.5. The predicted molar refractivity (Wildman–Crippen MR) is 57.9 cm³/mol. The van der Waals surface area contributed by atoms with E-state index < -0.39 is 5.83 Å². The van der Waals surface area contributed by atoms with Gasteiger partial charge < -0.3 is 5.11 Å². The summed E-state index contributed by atoms with van der Waals surface area (Å²) in [4.78, 5) is 3.95. The highest BCUT2D eigenvalue weighted by Crippen LogP contribution is 2.24. The van der Waals surface area contributed by atoms with E-state index in [1.165, 1.54) is 6.20 Å². The van der Waals surface area contributed by atoms with E-state index in [0.29, 0.717) is 5.56 Å². The molecular formula is C12H10FNO. The lowest BCUT2D eigenvalue weighted by molar-refractivity contribution is 0.342. The molecule has 0 radical (unpaired) electrons. The third-order valence-corrected chi connectivity index (χ3v) is 2.20. The summed E-state index contributed by atoms with van der Waals surface area (Å²) >= 11 is 0. The third kappa shape index (κ3) is 1.87. The summed E-state index contributed by atoms with van der Waals surface area (Å²) in [5.74, 6) is -0.443. The molecule has 0 saturated heterocycles. The number of aliphatic hydroxyl groups excluding tert-OH is 1. The third-order valence-electron chi connectivity index (χ3n) is 2.20. The van der Waals surface area contributed by atoms with E-state index >= 15 is 0 Å². The molecule has 1 N–H and O–H groups in total. The van der Waals surface area contributed by atoms with Crippen molar-refractivity contribution in [1.82, 2.24) is 4.98 Å². The molecule has 0 spiro atoms. The van der Waals surface area contributed by atoms with Gasteiger partial charge in [0.25, 0.3) is 0 Å². The van der Waals surface area contributed by atoms with Crippen LogP contribution in [-0.4, -0.2) is 16.7 Å². The number of aromatic nitrogens is 1. The number of rotatable bonds is 2. The van der Waals surface area contributed by atoms with Gasteiger partial charge in [0.15, 0.2) is 0 Å². The summed E-state index contributed by atoms with van der Waals surface area (Å²) < 4.78 is 13.5. The van der Waals surface area contributed by atoms with Crippen LogP contribution in [0.5, 0.6) is 0 Å². The van der Waals surface area contributed by atoms with Crippen molar-refractivity contribution in [2.24, 2.45) is 0 Å². The molecule has 0 amide bonds. The minimum absolute atomic E-state index is 0.310. The van der Waals surface area contributed by atoms with Gasteiger partial charge in [-0.05, 0) is 11.5 Å². The molecular weight excluding hydrogens is 193 g/mol. The van der Waals surface area contributed by atoms with E-state index in [1.807, 2.05) is 24.3 Å². The molecule has 1 aromatic heterocycles. The lowest BCUT2D eigenvalue weighted by Crippen LogP contribution is -1.86. The Kier molecular flexibility index (Phi) is 2.74. The Morgan fingerprint density at radius 2 is 2.13 bits per heavy atom. The Labute approximate surface area is 86.7 Å². The Morgan fingerprint density at radius 3 is 2.93 bits per heavy atom. The van der Waals surface area contributed by atoms with Crippen molar-refractivity contribution in [3.8, 4) is 0 Å². The van der Waals surface area contributed by atoms with Gasteiger partial charge in [0.1, 0.15) is 5.83 Å². The number of hydrogen-bond donors (Lipinski definition) is 1. The van der Waals surface area contributed by atoms with Gasteiger partial charge in [-0.2, -0.15) is 0 Å². The van der Waals surface area contributed by atoms with Crippen molar-refractivity contribution < 1.29 is 9.50 Å². The molecule has 0 aliphatic heterocycles. The van der Waals surface area contributed by atoms with Gasteiger partial charge in [0.05, 0.1) is 6.61 Å². The van der Waals surface area contributed by atoms with Crippen LogP contribution < -0.4 is 0 Å². The van der Waals surface area contributed by atoms with Crippen LogP contribution in [0.3, 0.4) is 0 Å². The SMILES string of the molecule is OC/C=C(\F)c1cncc2ccccc12. The van der Waals surface area contributed by atoms with E-state index in [1.54, 1.807) is 6.20 Å². The number of nitrogens with zero attached hydrogens (tertiary/aromatic N) is 1. The molecule has 3 heteroatoms. The highest BCUT2D eigenvalue weighted by Gasteiger charge is 2.05. The summed E-state index contributed by atoms with van der Waals surface area (Å²) in [5, 5.41) is 10.3. The Balaban J connectivity index is 2.66. The Morgan fingerprint density at radius 1 is 1.33 bits per heavy atom. The number of pyridine rings is 1. The standard InChI is InChI=1S/C12H10FNO/c13-12(5-6-15)11-8-14-7-9-3-1-2-4-10(9)11/h1-5,7-8,15H,6H2/b12-5-. The number of aliphatic hydroxyl groups is 1. The highest BCUT2D eigenvalue weighted by molar-refractivity contribution is 5.91. The van der Waals surface area contributed by atoms with Crippen LogP contribution in [0, 0.1) is 0 Å². The zero-order valence-corrected chi connectivity index (χ0v) is 8.02. The fourth-order valence-corrected chi connectivity index (χ4v) is 1.50. The van der Waals surface area contributed by atoms with Crippen LogP contribution >= 0.6 is 0 Å². The summed E-state index contributed by atoms with van der Waals surface area (Å²) in [7, 11) is 0. The predicted octanol–water partition coefficient (Wildman–Crippen LogP) is 2.54. The van der Waals surface area contributed by atoms with Crippen molar-refractivity contribution in [3.63, 3.8) is 0 Å². The molecule has 1 heterocycles. The first kappa shape index (κ1) is 9.80. The van der Waals surface area contributed by atoms with Crippen molar-refractivity contribution in [2.75, 3.05) is 6.61 Å². The van der Waals surface area contributed by atoms with Crippen LogP contribution in [-0.2, 0) is 0 Å². The topological polar surface area (TPSA) is 33.1 Å². The first-order chi connectivity index (χ1) is 7.33. The second kappa shape index (κ2) is 4.19. The van der Waals surface area contributed by atoms with Gasteiger partial charge in [0.2, 0.25) is 0 Å². The second-order valence-corrected chi connectivity index (χ2v) is 3.14. The molecule has 0 atom stereocenters. The lowest BCUT2D eigenvalue weighted by Gasteiger charge is -2.02. The van der Waals surface area contributed by atoms with Crippen LogP contribution in [0.2, 0.25) is 0 Å². The Bertz CT molecular complexity index is 502. The van der Waals surface area contributed by atoms with Gasteiger partial charge >= 0.3 is 0 Å². The van der Waals surface area contributed by atoms with E-state index in [2.05, 4.69) is 4.98 Å². The average Bonchev–Trinajstić information content (AvgIpc) is 2.28. The molecule has 0 aliphatic carbocycles. The molecule has 0 unspecified atom stereocenters. The molecule has 2 aromatic rings. The molecule has 0 saturated carbocycles. The van der Waals surface area contributed by atoms with Crippen molar-refractivity contribution >= 4 is 16.6 Å². The van der Waals surface area contributed by atoms with Gasteiger partial charge in [-0.1, -0.05) is 24.3 Å². The van der Waals surface area contributed by atoms with Crippen LogP contribution in [0.4, 0.5) is 4.39 Å². The summed E-state index contributed by atoms with van der Waals surface area (Å²) in [6.45, 7) is -0.310. The summed E-state index contributed by atoms with van der Waals surface area (Å²) in [6.07, 6.45) is 4.28. The zero-order chi connectivity index (χ0) is 10.7. The summed E-state index contributed by atoms with van der Waals surface area (Å²) in [6, 6.07) is 7.43. The summed E-state index contributed by atoms with van der Waals surface area (Å²) in [5.41, 5.74) is 0.419. The number of benzene rings is 1. The smallest absolute Gasteiger partial charge is 0.130 e. The van der Waals surface area contributed by atoms with Crippen LogP contribution in [0.25, 0.3) is 16.6 Å². The molecule has 2 nitrogen and oxygen atoms in total. The molecule has 1 aromatic carbocycles. The van der Waals surface area contributed by atoms with Crippen molar-refractivity contribution in [2.45, 2.75) is 0 Å². The normalized spacial score (nSPS) is 12.0. The van der Waals surface area contributed by atoms with Gasteiger partial charge in [-0.25, -0.2) is 4.39 Å². The quantitative estimate of drug-likeness (QED) is 0.813. The van der Waals surface area contributed by atoms with Crippen molar-refractivity contribution in [1.29, 1.82) is 0 Å². The molecule has 0 aliphatic rings. The number of fused-ring (bicyclic) bond motifs is 1. The number of hydrogen-bond acceptors (Lipinski definition) is 2. The van der Waals surface area contributed by atoms with Crippen LogP contribution in [0.1, 0.15) is 5.56 Å². The molecule has 76 valence electrons. The molecule has 15 heavy (non-hydrogen) atoms. The first-order valence-corrected chi connectivity index (χ1v) is 4.62. The van der Waals surface area contributed by atoms with Crippen molar-refractivity contribution in [3.05, 3.63) is 48.3 Å². The number of halogens is 1. The van der Waals surface area contributed by atoms with E-state index in [9.17, 15) is 4.39 Å². The van der Waals surface area contributed by atoms with Gasteiger partial charge in [-0.15, -0.1) is 0 Å². The lowest BCUT2D eigenvalue weighted by atomic mass is 10.1. The fourth-order valence-electron chi connectivity index (χ4n) is 1.50. The minimum Gasteiger partial charge on any atom is -0.392 e. The largest absolute Gasteiger partial charge is 0.392 e. The Hall–Kier alpha value is -1.74. The van der Waals surface area contributed by atoms with E-state index in [-0.39, 0.29) is 6.61 Å². The fraction of sp³-hybridized carbons (Fsp3) is 0.0833. The van der Waals surface area contributed by atoms with E-state index in [4.69, 9.17) is 5.11 Å². The zero-order valence-electron chi connectivity index (χ0n) is 8.02. The maximum atomic E-state index is 13.5.